The molecule has 6 nitrogen and oxygen atoms in total. The van der Waals surface area contributed by atoms with Crippen LogP contribution in [-0.2, 0) is 14.6 Å². The van der Waals surface area contributed by atoms with E-state index in [9.17, 15) is 18.0 Å². The molecule has 1 atom stereocenters. The van der Waals surface area contributed by atoms with Gasteiger partial charge in [0, 0.05) is 11.8 Å². The summed E-state index contributed by atoms with van der Waals surface area (Å²) in [7, 11) is -3.34. The summed E-state index contributed by atoms with van der Waals surface area (Å²) in [5.74, 6) is -1.50. The van der Waals surface area contributed by atoms with Crippen molar-refractivity contribution >= 4 is 21.7 Å². The van der Waals surface area contributed by atoms with Crippen LogP contribution in [0.4, 0.5) is 0 Å². The summed E-state index contributed by atoms with van der Waals surface area (Å²) in [6, 6.07) is 13.6. The lowest BCUT2D eigenvalue weighted by Gasteiger charge is -2.17. The molecule has 0 unspecified atom stereocenters. The number of amides is 1. The molecule has 2 rings (SSSR count). The molecular formula is C17H17NO5S. The number of hydrogen-bond acceptors (Lipinski definition) is 4. The first-order valence-corrected chi connectivity index (χ1v) is 9.04. The van der Waals surface area contributed by atoms with Gasteiger partial charge in [-0.25, -0.2) is 8.42 Å². The van der Waals surface area contributed by atoms with Gasteiger partial charge in [-0.15, -0.1) is 0 Å². The minimum atomic E-state index is -3.34. The number of nitrogens with one attached hydrogen (secondary N) is 1. The van der Waals surface area contributed by atoms with Gasteiger partial charge in [0.05, 0.1) is 17.4 Å². The van der Waals surface area contributed by atoms with Crippen LogP contribution in [0.15, 0.2) is 59.5 Å². The number of carbonyl (C=O) groups is 2. The lowest BCUT2D eigenvalue weighted by atomic mass is 10.0. The Bertz CT molecular complexity index is 829. The molecular weight excluding hydrogens is 330 g/mol. The lowest BCUT2D eigenvalue weighted by molar-refractivity contribution is -0.137. The van der Waals surface area contributed by atoms with Crippen molar-refractivity contribution in [1.29, 1.82) is 0 Å². The van der Waals surface area contributed by atoms with Crippen LogP contribution in [0.3, 0.4) is 0 Å². The van der Waals surface area contributed by atoms with Crippen molar-refractivity contribution in [3.8, 4) is 0 Å². The van der Waals surface area contributed by atoms with E-state index in [2.05, 4.69) is 5.32 Å². The van der Waals surface area contributed by atoms with Gasteiger partial charge in [0.2, 0.25) is 0 Å². The molecule has 2 aromatic rings. The maximum absolute atomic E-state index is 12.3. The SMILES string of the molecule is CS(=O)(=O)c1ccc(C(=O)N[C@@H](CC(=O)O)c2ccccc2)cc1. The fourth-order valence-corrected chi connectivity index (χ4v) is 2.84. The van der Waals surface area contributed by atoms with Crippen molar-refractivity contribution in [3.05, 3.63) is 65.7 Å². The lowest BCUT2D eigenvalue weighted by Crippen LogP contribution is -2.30. The molecule has 0 spiro atoms. The minimum absolute atomic E-state index is 0.115. The van der Waals surface area contributed by atoms with Crippen molar-refractivity contribution in [3.63, 3.8) is 0 Å². The molecule has 0 bridgehead atoms. The van der Waals surface area contributed by atoms with E-state index in [1.807, 2.05) is 0 Å². The first-order chi connectivity index (χ1) is 11.3. The number of carboxylic acids is 1. The number of sulfone groups is 1. The molecule has 2 N–H and O–H groups in total. The molecule has 0 heterocycles. The van der Waals surface area contributed by atoms with Gasteiger partial charge in [0.15, 0.2) is 9.84 Å². The quantitative estimate of drug-likeness (QED) is 0.833. The zero-order valence-electron chi connectivity index (χ0n) is 13.0. The number of rotatable bonds is 6. The summed E-state index contributed by atoms with van der Waals surface area (Å²) < 4.78 is 22.9. The van der Waals surface area contributed by atoms with Gasteiger partial charge in [-0.1, -0.05) is 30.3 Å². The molecule has 7 heteroatoms. The average Bonchev–Trinajstić information content (AvgIpc) is 2.54. The van der Waals surface area contributed by atoms with Gasteiger partial charge in [0.25, 0.3) is 5.91 Å². The predicted molar refractivity (Wildman–Crippen MR) is 88.5 cm³/mol. The fourth-order valence-electron chi connectivity index (χ4n) is 2.21. The van der Waals surface area contributed by atoms with E-state index in [-0.39, 0.29) is 16.9 Å². The van der Waals surface area contributed by atoms with Crippen molar-refractivity contribution < 1.29 is 23.1 Å². The zero-order chi connectivity index (χ0) is 17.7. The normalized spacial score (nSPS) is 12.4. The Morgan fingerprint density at radius 3 is 2.12 bits per heavy atom. The summed E-state index contributed by atoms with van der Waals surface area (Å²) in [6.07, 6.45) is 0.831. The zero-order valence-corrected chi connectivity index (χ0v) is 13.8. The second-order valence-corrected chi connectivity index (χ2v) is 7.35. The highest BCUT2D eigenvalue weighted by Crippen LogP contribution is 2.18. The largest absolute Gasteiger partial charge is 0.481 e. The van der Waals surface area contributed by atoms with Crippen molar-refractivity contribution in [2.24, 2.45) is 0 Å². The topological polar surface area (TPSA) is 101 Å². The standard InChI is InChI=1S/C17H17NO5S/c1-24(22,23)14-9-7-13(8-10-14)17(21)18-15(11-16(19)20)12-5-3-2-4-6-12/h2-10,15H,11H2,1H3,(H,18,21)(H,19,20)/t15-/m0/s1. The van der Waals surface area contributed by atoms with Crippen LogP contribution >= 0.6 is 0 Å². The van der Waals surface area contributed by atoms with Gasteiger partial charge in [-0.2, -0.15) is 0 Å². The van der Waals surface area contributed by atoms with E-state index in [1.54, 1.807) is 30.3 Å². The molecule has 0 aliphatic rings. The smallest absolute Gasteiger partial charge is 0.305 e. The average molecular weight is 347 g/mol. The van der Waals surface area contributed by atoms with Gasteiger partial charge in [0.1, 0.15) is 0 Å². The van der Waals surface area contributed by atoms with E-state index in [4.69, 9.17) is 5.11 Å². The molecule has 1 amide bonds. The molecule has 0 aliphatic carbocycles. The Balaban J connectivity index is 2.20. The molecule has 0 fully saturated rings. The summed E-state index contributed by atoms with van der Waals surface area (Å²) in [6.45, 7) is 0. The second-order valence-electron chi connectivity index (χ2n) is 5.33. The first-order valence-electron chi connectivity index (χ1n) is 7.15. The van der Waals surface area contributed by atoms with Crippen LogP contribution in [0.1, 0.15) is 28.4 Å². The Morgan fingerprint density at radius 2 is 1.62 bits per heavy atom. The second kappa shape index (κ2) is 7.27. The number of hydrogen-bond donors (Lipinski definition) is 2. The molecule has 126 valence electrons. The fraction of sp³-hybridized carbons (Fsp3) is 0.176. The van der Waals surface area contributed by atoms with Crippen LogP contribution in [-0.4, -0.2) is 31.7 Å². The number of benzene rings is 2. The molecule has 0 radical (unpaired) electrons. The highest BCUT2D eigenvalue weighted by molar-refractivity contribution is 7.90. The Morgan fingerprint density at radius 1 is 1.04 bits per heavy atom. The van der Waals surface area contributed by atoms with Gasteiger partial charge >= 0.3 is 5.97 Å². The van der Waals surface area contributed by atoms with Crippen molar-refractivity contribution in [1.82, 2.24) is 5.32 Å². The van der Waals surface area contributed by atoms with Gasteiger partial charge in [-0.3, -0.25) is 9.59 Å². The molecule has 2 aromatic carbocycles. The number of carbonyl (C=O) groups excluding carboxylic acids is 1. The highest BCUT2D eigenvalue weighted by atomic mass is 32.2. The van der Waals surface area contributed by atoms with E-state index in [1.165, 1.54) is 24.3 Å². The third kappa shape index (κ3) is 4.66. The summed E-state index contributed by atoms with van der Waals surface area (Å²) >= 11 is 0. The van der Waals surface area contributed by atoms with Crippen molar-refractivity contribution in [2.45, 2.75) is 17.4 Å². The molecule has 0 saturated heterocycles. The van der Waals surface area contributed by atoms with Crippen LogP contribution in [0.5, 0.6) is 0 Å². The summed E-state index contributed by atoms with van der Waals surface area (Å²) in [4.78, 5) is 23.5. The van der Waals surface area contributed by atoms with E-state index in [0.717, 1.165) is 6.26 Å². The molecule has 24 heavy (non-hydrogen) atoms. The third-order valence-electron chi connectivity index (χ3n) is 3.43. The Hall–Kier alpha value is -2.67. The van der Waals surface area contributed by atoms with Crippen LogP contribution in [0.2, 0.25) is 0 Å². The molecule has 0 aromatic heterocycles. The van der Waals surface area contributed by atoms with Crippen molar-refractivity contribution in [2.75, 3.05) is 6.26 Å². The Kier molecular flexibility index (Phi) is 5.35. The van der Waals surface area contributed by atoms with Gasteiger partial charge in [-0.05, 0) is 29.8 Å². The molecule has 0 aliphatic heterocycles. The van der Waals surface area contributed by atoms with Crippen LogP contribution < -0.4 is 5.32 Å². The van der Waals surface area contributed by atoms with E-state index < -0.39 is 27.8 Å². The minimum Gasteiger partial charge on any atom is -0.481 e. The first kappa shape index (κ1) is 17.7. The number of carboxylic acid groups (broad SMARTS) is 1. The monoisotopic (exact) mass is 347 g/mol. The summed E-state index contributed by atoms with van der Waals surface area (Å²) in [5.41, 5.74) is 0.940. The van der Waals surface area contributed by atoms with E-state index >= 15 is 0 Å². The third-order valence-corrected chi connectivity index (χ3v) is 4.56. The van der Waals surface area contributed by atoms with Crippen LogP contribution in [0, 0.1) is 0 Å². The maximum Gasteiger partial charge on any atom is 0.305 e. The Labute approximate surface area is 140 Å². The highest BCUT2D eigenvalue weighted by Gasteiger charge is 2.19. The van der Waals surface area contributed by atoms with Crippen LogP contribution in [0.25, 0.3) is 0 Å². The van der Waals surface area contributed by atoms with Gasteiger partial charge < -0.3 is 10.4 Å². The molecule has 0 saturated carbocycles. The van der Waals surface area contributed by atoms with E-state index in [0.29, 0.717) is 5.56 Å². The summed E-state index contributed by atoms with van der Waals surface area (Å²) in [5, 5.41) is 11.7. The number of aliphatic carboxylic acids is 1. The maximum atomic E-state index is 12.3. The predicted octanol–water partition coefficient (Wildman–Crippen LogP) is 2.04.